The van der Waals surface area contributed by atoms with E-state index in [0.717, 1.165) is 0 Å². The molecule has 0 fully saturated rings. The Morgan fingerprint density at radius 1 is 1.41 bits per heavy atom. The van der Waals surface area contributed by atoms with Crippen molar-refractivity contribution in [2.45, 2.75) is 13.8 Å². The summed E-state index contributed by atoms with van der Waals surface area (Å²) in [6, 6.07) is 3.48. The van der Waals surface area contributed by atoms with E-state index >= 15 is 0 Å². The highest BCUT2D eigenvalue weighted by Crippen LogP contribution is 2.14. The van der Waals surface area contributed by atoms with E-state index in [1.165, 1.54) is 10.8 Å². The number of furan rings is 1. The standard InChI is InChI=1S/C11H10N4O2/c1-6-9-11(16)13-10(8-4-3-5-17-8)14-15(9)7(2)12-6/h3-5H,1-2H3,(H,13,14,16). The first-order chi connectivity index (χ1) is 8.16. The van der Waals surface area contributed by atoms with Gasteiger partial charge in [-0.2, -0.15) is 0 Å². The number of rotatable bonds is 1. The van der Waals surface area contributed by atoms with Gasteiger partial charge in [-0.05, 0) is 26.0 Å². The third kappa shape index (κ3) is 1.37. The predicted molar refractivity (Wildman–Crippen MR) is 60.8 cm³/mol. The fourth-order valence-corrected chi connectivity index (χ4v) is 1.86. The second kappa shape index (κ2) is 3.31. The Morgan fingerprint density at radius 2 is 2.24 bits per heavy atom. The van der Waals surface area contributed by atoms with Crippen molar-refractivity contribution in [3.05, 3.63) is 40.3 Å². The highest BCUT2D eigenvalue weighted by molar-refractivity contribution is 5.53. The van der Waals surface area contributed by atoms with E-state index in [0.29, 0.717) is 28.6 Å². The van der Waals surface area contributed by atoms with Gasteiger partial charge in [-0.25, -0.2) is 9.50 Å². The van der Waals surface area contributed by atoms with E-state index in [-0.39, 0.29) is 5.56 Å². The first-order valence-electron chi connectivity index (χ1n) is 5.17. The van der Waals surface area contributed by atoms with Crippen molar-refractivity contribution >= 4 is 5.52 Å². The van der Waals surface area contributed by atoms with Crippen molar-refractivity contribution in [3.63, 3.8) is 0 Å². The third-order valence-corrected chi connectivity index (χ3v) is 2.59. The SMILES string of the molecule is Cc1nc(C)n2nc(-c3ccco3)[nH]c(=O)c12. The van der Waals surface area contributed by atoms with Gasteiger partial charge >= 0.3 is 0 Å². The summed E-state index contributed by atoms with van der Waals surface area (Å²) < 4.78 is 6.74. The highest BCUT2D eigenvalue weighted by Gasteiger charge is 2.13. The fraction of sp³-hybridized carbons (Fsp3) is 0.182. The van der Waals surface area contributed by atoms with Crippen molar-refractivity contribution in [2.75, 3.05) is 0 Å². The zero-order chi connectivity index (χ0) is 12.0. The Hall–Kier alpha value is -2.37. The summed E-state index contributed by atoms with van der Waals surface area (Å²) in [4.78, 5) is 18.8. The molecule has 0 atom stereocenters. The molecule has 86 valence electrons. The van der Waals surface area contributed by atoms with Gasteiger partial charge in [0.15, 0.2) is 17.1 Å². The van der Waals surface area contributed by atoms with Crippen LogP contribution in [-0.4, -0.2) is 19.6 Å². The van der Waals surface area contributed by atoms with Crippen LogP contribution in [0.1, 0.15) is 11.5 Å². The average Bonchev–Trinajstić information content (AvgIpc) is 2.88. The van der Waals surface area contributed by atoms with Gasteiger partial charge in [0.25, 0.3) is 5.56 Å². The molecular formula is C11H10N4O2. The van der Waals surface area contributed by atoms with Gasteiger partial charge in [-0.15, -0.1) is 5.10 Å². The molecule has 1 N–H and O–H groups in total. The molecule has 0 aliphatic heterocycles. The van der Waals surface area contributed by atoms with Crippen molar-refractivity contribution < 1.29 is 4.42 Å². The van der Waals surface area contributed by atoms with Crippen molar-refractivity contribution in [3.8, 4) is 11.6 Å². The summed E-state index contributed by atoms with van der Waals surface area (Å²) in [6.45, 7) is 3.59. The van der Waals surface area contributed by atoms with Crippen LogP contribution in [0.5, 0.6) is 0 Å². The molecule has 0 amide bonds. The molecule has 6 nitrogen and oxygen atoms in total. The van der Waals surface area contributed by atoms with E-state index < -0.39 is 0 Å². The van der Waals surface area contributed by atoms with Crippen LogP contribution in [0.25, 0.3) is 17.1 Å². The van der Waals surface area contributed by atoms with Crippen LogP contribution in [0.4, 0.5) is 0 Å². The minimum atomic E-state index is -0.218. The van der Waals surface area contributed by atoms with E-state index in [1.807, 2.05) is 0 Å². The van der Waals surface area contributed by atoms with Crippen molar-refractivity contribution in [1.29, 1.82) is 0 Å². The van der Waals surface area contributed by atoms with Crippen molar-refractivity contribution in [2.24, 2.45) is 0 Å². The number of fused-ring (bicyclic) bond motifs is 1. The lowest BCUT2D eigenvalue weighted by molar-refractivity contribution is 0.574. The summed E-state index contributed by atoms with van der Waals surface area (Å²) in [5, 5.41) is 4.30. The maximum atomic E-state index is 11.9. The third-order valence-electron chi connectivity index (χ3n) is 2.59. The van der Waals surface area contributed by atoms with Crippen LogP contribution in [0.3, 0.4) is 0 Å². The molecule has 0 spiro atoms. The molecule has 3 heterocycles. The molecule has 3 rings (SSSR count). The molecule has 0 aliphatic rings. The largest absolute Gasteiger partial charge is 0.461 e. The summed E-state index contributed by atoms with van der Waals surface area (Å²) >= 11 is 0. The van der Waals surface area contributed by atoms with Crippen LogP contribution < -0.4 is 5.56 Å². The number of hydrogen-bond acceptors (Lipinski definition) is 4. The number of hydrogen-bond donors (Lipinski definition) is 1. The number of imidazole rings is 1. The maximum Gasteiger partial charge on any atom is 0.277 e. The molecule has 3 aromatic rings. The summed E-state index contributed by atoms with van der Waals surface area (Å²) in [7, 11) is 0. The summed E-state index contributed by atoms with van der Waals surface area (Å²) in [5.74, 6) is 1.60. The molecule has 0 saturated carbocycles. The van der Waals surface area contributed by atoms with Gasteiger partial charge in [0.05, 0.1) is 12.0 Å². The lowest BCUT2D eigenvalue weighted by atomic mass is 10.4. The minimum Gasteiger partial charge on any atom is -0.461 e. The van der Waals surface area contributed by atoms with Gasteiger partial charge in [0, 0.05) is 0 Å². The Balaban J connectivity index is 2.39. The number of aromatic amines is 1. The molecule has 0 aliphatic carbocycles. The number of H-pyrrole nitrogens is 1. The maximum absolute atomic E-state index is 11.9. The van der Waals surface area contributed by atoms with Gasteiger partial charge in [-0.1, -0.05) is 0 Å². The van der Waals surface area contributed by atoms with E-state index in [9.17, 15) is 4.79 Å². The molecule has 0 unspecified atom stereocenters. The number of nitrogens with one attached hydrogen (secondary N) is 1. The minimum absolute atomic E-state index is 0.218. The number of aryl methyl sites for hydroxylation is 2. The lowest BCUT2D eigenvalue weighted by Gasteiger charge is -1.99. The molecule has 0 aromatic carbocycles. The smallest absolute Gasteiger partial charge is 0.277 e. The monoisotopic (exact) mass is 230 g/mol. The molecule has 0 saturated heterocycles. The predicted octanol–water partition coefficient (Wildman–Crippen LogP) is 1.29. The molecule has 17 heavy (non-hydrogen) atoms. The van der Waals surface area contributed by atoms with Gasteiger partial charge in [-0.3, -0.25) is 4.79 Å². The first-order valence-corrected chi connectivity index (χ1v) is 5.17. The quantitative estimate of drug-likeness (QED) is 0.683. The Labute approximate surface area is 95.9 Å². The van der Waals surface area contributed by atoms with Crippen molar-refractivity contribution in [1.82, 2.24) is 19.6 Å². The second-order valence-corrected chi connectivity index (χ2v) is 3.78. The zero-order valence-corrected chi connectivity index (χ0v) is 9.39. The van der Waals surface area contributed by atoms with Crippen LogP contribution in [0.15, 0.2) is 27.6 Å². The number of aromatic nitrogens is 4. The van der Waals surface area contributed by atoms with Gasteiger partial charge < -0.3 is 9.40 Å². The van der Waals surface area contributed by atoms with Crippen LogP contribution in [0.2, 0.25) is 0 Å². The van der Waals surface area contributed by atoms with Crippen LogP contribution in [0, 0.1) is 13.8 Å². The van der Waals surface area contributed by atoms with Gasteiger partial charge in [0.2, 0.25) is 0 Å². The van der Waals surface area contributed by atoms with Gasteiger partial charge in [0.1, 0.15) is 5.82 Å². The van der Waals surface area contributed by atoms with E-state index in [1.54, 1.807) is 26.0 Å². The topological polar surface area (TPSA) is 76.2 Å². The highest BCUT2D eigenvalue weighted by atomic mass is 16.3. The Bertz CT molecular complexity index is 737. The lowest BCUT2D eigenvalue weighted by Crippen LogP contribution is -2.14. The first kappa shape index (κ1) is 9.83. The van der Waals surface area contributed by atoms with E-state index in [4.69, 9.17) is 4.42 Å². The average molecular weight is 230 g/mol. The summed E-state index contributed by atoms with van der Waals surface area (Å²) in [6.07, 6.45) is 1.53. The van der Waals surface area contributed by atoms with E-state index in [2.05, 4.69) is 15.1 Å². The molecule has 0 bridgehead atoms. The second-order valence-electron chi connectivity index (χ2n) is 3.78. The zero-order valence-electron chi connectivity index (χ0n) is 9.39. The number of nitrogens with zero attached hydrogens (tertiary/aromatic N) is 3. The molecule has 3 aromatic heterocycles. The van der Waals surface area contributed by atoms with Crippen LogP contribution in [-0.2, 0) is 0 Å². The summed E-state index contributed by atoms with van der Waals surface area (Å²) in [5.41, 5.74) is 0.921. The molecule has 6 heteroatoms. The molecular weight excluding hydrogens is 220 g/mol. The fourth-order valence-electron chi connectivity index (χ4n) is 1.86. The Morgan fingerprint density at radius 3 is 2.94 bits per heavy atom. The molecule has 0 radical (unpaired) electrons. The Kier molecular flexibility index (Phi) is 1.91. The normalized spacial score (nSPS) is 11.2. The van der Waals surface area contributed by atoms with Crippen LogP contribution >= 0.6 is 0 Å².